The summed E-state index contributed by atoms with van der Waals surface area (Å²) in [7, 11) is 1.98. The molecule has 0 aromatic carbocycles. The molecule has 138 valence electrons. The number of carbonyl (C=O) groups is 1. The summed E-state index contributed by atoms with van der Waals surface area (Å²) in [5.74, 6) is 1.10. The van der Waals surface area contributed by atoms with Crippen molar-refractivity contribution in [3.63, 3.8) is 0 Å². The Morgan fingerprint density at radius 2 is 2.00 bits per heavy atom. The summed E-state index contributed by atoms with van der Waals surface area (Å²) in [6, 6.07) is 3.60. The molecule has 1 aliphatic heterocycles. The second-order valence-electron chi connectivity index (χ2n) is 6.87. The zero-order valence-electron chi connectivity index (χ0n) is 15.5. The van der Waals surface area contributed by atoms with Crippen LogP contribution in [0.4, 0.5) is 0 Å². The second kappa shape index (κ2) is 7.26. The molecule has 4 rings (SSSR count). The molecule has 1 saturated heterocycles. The van der Waals surface area contributed by atoms with Gasteiger partial charge in [0.25, 0.3) is 5.91 Å². The first-order valence-electron chi connectivity index (χ1n) is 9.14. The lowest BCUT2D eigenvalue weighted by Gasteiger charge is -2.33. The van der Waals surface area contributed by atoms with Crippen LogP contribution in [0.2, 0.25) is 0 Å². The standard InChI is InChI=1S/C20H22N6O/c1-14-24-12-17(25(14)2)19-18(22-8-9-23-19)16-6-4-10-26(13-16)20(27)15-5-3-7-21-11-15/h3,5,7-9,11-12,16H,4,6,10,13H2,1-2H3. The van der Waals surface area contributed by atoms with E-state index in [1.54, 1.807) is 30.9 Å². The molecule has 0 aliphatic carbocycles. The van der Waals surface area contributed by atoms with Crippen molar-refractivity contribution in [2.75, 3.05) is 13.1 Å². The Hall–Kier alpha value is -3.09. The Morgan fingerprint density at radius 3 is 2.74 bits per heavy atom. The van der Waals surface area contributed by atoms with Crippen LogP contribution >= 0.6 is 0 Å². The van der Waals surface area contributed by atoms with E-state index in [4.69, 9.17) is 0 Å². The van der Waals surface area contributed by atoms with Crippen molar-refractivity contribution in [2.45, 2.75) is 25.7 Å². The van der Waals surface area contributed by atoms with Crippen LogP contribution < -0.4 is 0 Å². The average molecular weight is 362 g/mol. The SMILES string of the molecule is Cc1ncc(-c2nccnc2C2CCCN(C(=O)c3cccnc3)C2)n1C. The molecule has 1 aliphatic rings. The van der Waals surface area contributed by atoms with Gasteiger partial charge in [0, 0.05) is 50.8 Å². The van der Waals surface area contributed by atoms with E-state index in [1.807, 2.05) is 35.7 Å². The first-order chi connectivity index (χ1) is 13.1. The predicted molar refractivity (Wildman–Crippen MR) is 101 cm³/mol. The molecule has 7 heteroatoms. The van der Waals surface area contributed by atoms with Crippen LogP contribution in [-0.2, 0) is 7.05 Å². The van der Waals surface area contributed by atoms with E-state index in [2.05, 4.69) is 19.9 Å². The van der Waals surface area contributed by atoms with E-state index in [0.717, 1.165) is 42.3 Å². The summed E-state index contributed by atoms with van der Waals surface area (Å²) >= 11 is 0. The molecule has 0 bridgehead atoms. The third-order valence-electron chi connectivity index (χ3n) is 5.19. The smallest absolute Gasteiger partial charge is 0.255 e. The highest BCUT2D eigenvalue weighted by atomic mass is 16.2. The van der Waals surface area contributed by atoms with Crippen molar-refractivity contribution in [3.8, 4) is 11.4 Å². The Labute approximate surface area is 158 Å². The molecule has 1 unspecified atom stereocenters. The van der Waals surface area contributed by atoms with Crippen LogP contribution in [0.15, 0.2) is 43.1 Å². The number of carbonyl (C=O) groups excluding carboxylic acids is 1. The zero-order chi connectivity index (χ0) is 18.8. The number of amides is 1. The largest absolute Gasteiger partial charge is 0.338 e. The Morgan fingerprint density at radius 1 is 1.15 bits per heavy atom. The minimum absolute atomic E-state index is 0.0228. The number of rotatable bonds is 3. The fraction of sp³-hybridized carbons (Fsp3) is 0.350. The summed E-state index contributed by atoms with van der Waals surface area (Å²) in [6.07, 6.45) is 10.5. The van der Waals surface area contributed by atoms with Crippen LogP contribution in [0.3, 0.4) is 0 Å². The van der Waals surface area contributed by atoms with Crippen LogP contribution in [0.25, 0.3) is 11.4 Å². The van der Waals surface area contributed by atoms with Gasteiger partial charge in [-0.3, -0.25) is 19.7 Å². The van der Waals surface area contributed by atoms with E-state index in [-0.39, 0.29) is 11.8 Å². The fourth-order valence-corrected chi connectivity index (χ4v) is 3.62. The summed E-state index contributed by atoms with van der Waals surface area (Å²) in [5, 5.41) is 0. The lowest BCUT2D eigenvalue weighted by atomic mass is 9.92. The van der Waals surface area contributed by atoms with Crippen LogP contribution in [0.1, 0.15) is 40.6 Å². The maximum absolute atomic E-state index is 12.8. The van der Waals surface area contributed by atoms with Gasteiger partial charge in [-0.25, -0.2) is 4.98 Å². The van der Waals surface area contributed by atoms with Crippen molar-refractivity contribution in [1.29, 1.82) is 0 Å². The fourth-order valence-electron chi connectivity index (χ4n) is 3.62. The number of imidazole rings is 1. The Kier molecular flexibility index (Phi) is 4.66. The second-order valence-corrected chi connectivity index (χ2v) is 6.87. The topological polar surface area (TPSA) is 76.8 Å². The molecule has 0 radical (unpaired) electrons. The number of aryl methyl sites for hydroxylation is 1. The van der Waals surface area contributed by atoms with Crippen LogP contribution in [0.5, 0.6) is 0 Å². The summed E-state index contributed by atoms with van der Waals surface area (Å²) in [5.41, 5.74) is 3.36. The highest BCUT2D eigenvalue weighted by Crippen LogP contribution is 2.32. The minimum Gasteiger partial charge on any atom is -0.338 e. The molecule has 1 amide bonds. The van der Waals surface area contributed by atoms with Crippen LogP contribution in [-0.4, -0.2) is 48.4 Å². The molecular weight excluding hydrogens is 340 g/mol. The van der Waals surface area contributed by atoms with Gasteiger partial charge in [-0.1, -0.05) is 0 Å². The molecule has 0 spiro atoms. The lowest BCUT2D eigenvalue weighted by molar-refractivity contribution is 0.0705. The van der Waals surface area contributed by atoms with Crippen molar-refractivity contribution < 1.29 is 4.79 Å². The van der Waals surface area contributed by atoms with Crippen molar-refractivity contribution in [1.82, 2.24) is 29.4 Å². The van der Waals surface area contributed by atoms with Gasteiger partial charge in [0.05, 0.1) is 23.1 Å². The number of pyridine rings is 1. The normalized spacial score (nSPS) is 17.1. The molecule has 4 heterocycles. The molecule has 1 atom stereocenters. The number of nitrogens with zero attached hydrogens (tertiary/aromatic N) is 6. The molecule has 3 aromatic rings. The van der Waals surface area contributed by atoms with Gasteiger partial charge in [-0.2, -0.15) is 0 Å². The summed E-state index contributed by atoms with van der Waals surface area (Å²) in [6.45, 7) is 3.36. The van der Waals surface area contributed by atoms with Gasteiger partial charge in [0.1, 0.15) is 11.5 Å². The van der Waals surface area contributed by atoms with Gasteiger partial charge in [-0.15, -0.1) is 0 Å². The molecule has 7 nitrogen and oxygen atoms in total. The number of hydrogen-bond donors (Lipinski definition) is 0. The van der Waals surface area contributed by atoms with Crippen molar-refractivity contribution in [3.05, 3.63) is 60.2 Å². The predicted octanol–water partition coefficient (Wildman–Crippen LogP) is 2.60. The van der Waals surface area contributed by atoms with E-state index in [1.165, 1.54) is 0 Å². The Bertz CT molecular complexity index is 952. The maximum atomic E-state index is 12.8. The van der Waals surface area contributed by atoms with Gasteiger partial charge in [0.2, 0.25) is 0 Å². The highest BCUT2D eigenvalue weighted by molar-refractivity contribution is 5.94. The average Bonchev–Trinajstić information content (AvgIpc) is 3.06. The molecule has 3 aromatic heterocycles. The maximum Gasteiger partial charge on any atom is 0.255 e. The first-order valence-corrected chi connectivity index (χ1v) is 9.14. The van der Waals surface area contributed by atoms with Crippen LogP contribution in [0, 0.1) is 6.92 Å². The van der Waals surface area contributed by atoms with E-state index >= 15 is 0 Å². The number of likely N-dealkylation sites (tertiary alicyclic amines) is 1. The highest BCUT2D eigenvalue weighted by Gasteiger charge is 2.29. The Balaban J connectivity index is 1.63. The van der Waals surface area contributed by atoms with Gasteiger partial charge >= 0.3 is 0 Å². The number of piperidine rings is 1. The first kappa shape index (κ1) is 17.3. The minimum atomic E-state index is 0.0228. The quantitative estimate of drug-likeness (QED) is 0.716. The number of aromatic nitrogens is 5. The van der Waals surface area contributed by atoms with Gasteiger partial charge in [-0.05, 0) is 31.9 Å². The van der Waals surface area contributed by atoms with Crippen molar-refractivity contribution >= 4 is 5.91 Å². The van der Waals surface area contributed by atoms with Gasteiger partial charge < -0.3 is 9.47 Å². The van der Waals surface area contributed by atoms with Gasteiger partial charge in [0.15, 0.2) is 0 Å². The lowest BCUT2D eigenvalue weighted by Crippen LogP contribution is -2.39. The zero-order valence-corrected chi connectivity index (χ0v) is 15.5. The molecule has 1 fully saturated rings. The van der Waals surface area contributed by atoms with Crippen molar-refractivity contribution in [2.24, 2.45) is 7.05 Å². The van der Waals surface area contributed by atoms with E-state index in [0.29, 0.717) is 12.1 Å². The molecule has 0 saturated carbocycles. The third kappa shape index (κ3) is 3.32. The molecular formula is C20H22N6O. The summed E-state index contributed by atoms with van der Waals surface area (Å²) in [4.78, 5) is 32.4. The molecule has 0 N–H and O–H groups in total. The third-order valence-corrected chi connectivity index (χ3v) is 5.19. The van der Waals surface area contributed by atoms with E-state index in [9.17, 15) is 4.79 Å². The molecule has 27 heavy (non-hydrogen) atoms. The summed E-state index contributed by atoms with van der Waals surface area (Å²) < 4.78 is 2.02. The number of hydrogen-bond acceptors (Lipinski definition) is 5. The monoisotopic (exact) mass is 362 g/mol. The van der Waals surface area contributed by atoms with E-state index < -0.39 is 0 Å².